The van der Waals surface area contributed by atoms with E-state index in [-0.39, 0.29) is 5.84 Å². The van der Waals surface area contributed by atoms with Crippen LogP contribution < -0.4 is 11.5 Å². The molecule has 0 aliphatic heterocycles. The Kier molecular flexibility index (Phi) is 1.91. The summed E-state index contributed by atoms with van der Waals surface area (Å²) in [6, 6.07) is 0. The van der Waals surface area contributed by atoms with Gasteiger partial charge in [0, 0.05) is 13.6 Å². The Bertz CT molecular complexity index is 275. The maximum Gasteiger partial charge on any atom is 0.143 e. The quantitative estimate of drug-likeness (QED) is 0.382. The summed E-state index contributed by atoms with van der Waals surface area (Å²) in [5.41, 5.74) is 11.9. The van der Waals surface area contributed by atoms with Gasteiger partial charge < -0.3 is 16.0 Å². The summed E-state index contributed by atoms with van der Waals surface area (Å²) in [4.78, 5) is 3.92. The number of nitrogens with two attached hydrogens (primary N) is 2. The molecule has 60 valence electrons. The highest BCUT2D eigenvalue weighted by atomic mass is 15.1. The Morgan fingerprint density at radius 1 is 1.82 bits per heavy atom. The van der Waals surface area contributed by atoms with Gasteiger partial charge in [0.25, 0.3) is 0 Å². The summed E-state index contributed by atoms with van der Waals surface area (Å²) in [7, 11) is 1.82. The smallest absolute Gasteiger partial charge is 0.143 e. The zero-order valence-corrected chi connectivity index (χ0v) is 6.33. The first-order valence-electron chi connectivity index (χ1n) is 3.21. The van der Waals surface area contributed by atoms with Gasteiger partial charge >= 0.3 is 0 Å². The van der Waals surface area contributed by atoms with Crippen LogP contribution in [0.2, 0.25) is 0 Å². The van der Waals surface area contributed by atoms with Gasteiger partial charge in [-0.25, -0.2) is 4.98 Å². The lowest BCUT2D eigenvalue weighted by Crippen LogP contribution is -2.16. The van der Waals surface area contributed by atoms with E-state index in [1.807, 2.05) is 7.05 Å². The van der Waals surface area contributed by atoms with Crippen LogP contribution in [0.1, 0.15) is 11.4 Å². The van der Waals surface area contributed by atoms with Crippen molar-refractivity contribution in [3.8, 4) is 0 Å². The molecule has 1 aromatic heterocycles. The van der Waals surface area contributed by atoms with E-state index in [2.05, 4.69) is 4.98 Å². The van der Waals surface area contributed by atoms with Crippen LogP contribution in [-0.4, -0.2) is 15.4 Å². The zero-order valence-electron chi connectivity index (χ0n) is 6.33. The number of aromatic nitrogens is 2. The summed E-state index contributed by atoms with van der Waals surface area (Å²) < 4.78 is 1.76. The molecule has 5 nitrogen and oxygen atoms in total. The molecule has 0 bridgehead atoms. The molecule has 5 N–H and O–H groups in total. The van der Waals surface area contributed by atoms with Gasteiger partial charge in [0.2, 0.25) is 0 Å². The van der Waals surface area contributed by atoms with Gasteiger partial charge in [0.05, 0.1) is 12.0 Å². The lowest BCUT2D eigenvalue weighted by molar-refractivity contribution is 0.819. The number of imidazole rings is 1. The molecule has 0 fully saturated rings. The Balaban J connectivity index is 3.15. The summed E-state index contributed by atoms with van der Waals surface area (Å²) in [6.45, 7) is 0.353. The maximum absolute atomic E-state index is 7.14. The summed E-state index contributed by atoms with van der Waals surface area (Å²) >= 11 is 0. The Hall–Kier alpha value is -1.36. The molecule has 0 unspecified atom stereocenters. The third-order valence-electron chi connectivity index (χ3n) is 1.51. The van der Waals surface area contributed by atoms with Crippen molar-refractivity contribution in [2.24, 2.45) is 18.5 Å². The SMILES string of the molecule is Cn1cnc(C(=N)N)c1CN. The second-order valence-electron chi connectivity index (χ2n) is 2.27. The van der Waals surface area contributed by atoms with E-state index in [4.69, 9.17) is 16.9 Å². The van der Waals surface area contributed by atoms with Crippen LogP contribution in [0.3, 0.4) is 0 Å². The van der Waals surface area contributed by atoms with Gasteiger partial charge in [-0.1, -0.05) is 0 Å². The highest BCUT2D eigenvalue weighted by molar-refractivity contribution is 5.94. The molecule has 5 heteroatoms. The van der Waals surface area contributed by atoms with E-state index < -0.39 is 0 Å². The number of aryl methyl sites for hydroxylation is 1. The first-order valence-corrected chi connectivity index (χ1v) is 3.21. The normalized spacial score (nSPS) is 10.0. The van der Waals surface area contributed by atoms with Crippen LogP contribution in [0.25, 0.3) is 0 Å². The molecule has 0 aromatic carbocycles. The maximum atomic E-state index is 7.14. The fourth-order valence-corrected chi connectivity index (χ4v) is 0.921. The van der Waals surface area contributed by atoms with Crippen LogP contribution in [-0.2, 0) is 13.6 Å². The van der Waals surface area contributed by atoms with Crippen LogP contribution in [0, 0.1) is 5.41 Å². The van der Waals surface area contributed by atoms with Crippen molar-refractivity contribution in [1.82, 2.24) is 9.55 Å². The minimum atomic E-state index is -0.0361. The number of nitrogen functional groups attached to an aromatic ring is 1. The Morgan fingerprint density at radius 2 is 2.45 bits per heavy atom. The molecule has 0 amide bonds. The minimum Gasteiger partial charge on any atom is -0.382 e. The first kappa shape index (κ1) is 7.74. The lowest BCUT2D eigenvalue weighted by Gasteiger charge is -1.99. The molecule has 0 aliphatic carbocycles. The van der Waals surface area contributed by atoms with Crippen LogP contribution in [0.5, 0.6) is 0 Å². The molecule has 0 saturated carbocycles. The van der Waals surface area contributed by atoms with Gasteiger partial charge in [0.1, 0.15) is 11.5 Å². The molecule has 1 heterocycles. The molecule has 0 aliphatic rings. The van der Waals surface area contributed by atoms with Crippen molar-refractivity contribution >= 4 is 5.84 Å². The van der Waals surface area contributed by atoms with Crippen molar-refractivity contribution in [3.63, 3.8) is 0 Å². The van der Waals surface area contributed by atoms with Crippen molar-refractivity contribution in [3.05, 3.63) is 17.7 Å². The second kappa shape index (κ2) is 2.71. The summed E-state index contributed by atoms with van der Waals surface area (Å²) in [5.74, 6) is -0.0361. The molecular formula is C6H11N5. The number of hydrogen-bond donors (Lipinski definition) is 3. The van der Waals surface area contributed by atoms with Crippen LogP contribution in [0.4, 0.5) is 0 Å². The molecule has 0 saturated heterocycles. The average molecular weight is 153 g/mol. The average Bonchev–Trinajstić information content (AvgIpc) is 2.30. The predicted octanol–water partition coefficient (Wildman–Crippen LogP) is -0.837. The monoisotopic (exact) mass is 153 g/mol. The molecular weight excluding hydrogens is 142 g/mol. The molecule has 0 radical (unpaired) electrons. The van der Waals surface area contributed by atoms with E-state index in [9.17, 15) is 0 Å². The molecule has 0 spiro atoms. The van der Waals surface area contributed by atoms with Crippen LogP contribution >= 0.6 is 0 Å². The summed E-state index contributed by atoms with van der Waals surface area (Å²) in [5, 5.41) is 7.14. The third-order valence-corrected chi connectivity index (χ3v) is 1.51. The van der Waals surface area contributed by atoms with Crippen molar-refractivity contribution in [2.75, 3.05) is 0 Å². The van der Waals surface area contributed by atoms with E-state index in [0.29, 0.717) is 12.2 Å². The predicted molar refractivity (Wildman–Crippen MR) is 42.1 cm³/mol. The minimum absolute atomic E-state index is 0.0361. The fourth-order valence-electron chi connectivity index (χ4n) is 0.921. The number of amidine groups is 1. The standard InChI is InChI=1S/C6H11N5/c1-11-3-10-5(6(8)9)4(11)2-7/h3H,2,7H2,1H3,(H3,8,9). The topological polar surface area (TPSA) is 93.7 Å². The van der Waals surface area contributed by atoms with Crippen molar-refractivity contribution in [2.45, 2.75) is 6.54 Å². The van der Waals surface area contributed by atoms with Gasteiger partial charge in [-0.15, -0.1) is 0 Å². The van der Waals surface area contributed by atoms with Crippen LogP contribution in [0.15, 0.2) is 6.33 Å². The van der Waals surface area contributed by atoms with E-state index in [1.54, 1.807) is 10.9 Å². The first-order chi connectivity index (χ1) is 5.16. The molecule has 11 heavy (non-hydrogen) atoms. The Labute approximate surface area is 64.5 Å². The number of hydrogen-bond acceptors (Lipinski definition) is 3. The molecule has 1 rings (SSSR count). The van der Waals surface area contributed by atoms with Gasteiger partial charge in [-0.3, -0.25) is 5.41 Å². The van der Waals surface area contributed by atoms with Crippen molar-refractivity contribution in [1.29, 1.82) is 5.41 Å². The lowest BCUT2D eigenvalue weighted by atomic mass is 10.3. The highest BCUT2D eigenvalue weighted by Crippen LogP contribution is 2.02. The second-order valence-corrected chi connectivity index (χ2v) is 2.27. The van der Waals surface area contributed by atoms with E-state index in [1.165, 1.54) is 0 Å². The van der Waals surface area contributed by atoms with E-state index in [0.717, 1.165) is 5.69 Å². The number of rotatable bonds is 2. The third kappa shape index (κ3) is 1.22. The summed E-state index contributed by atoms with van der Waals surface area (Å²) in [6.07, 6.45) is 1.60. The number of nitrogens with zero attached hydrogens (tertiary/aromatic N) is 2. The zero-order chi connectivity index (χ0) is 8.43. The van der Waals surface area contributed by atoms with Gasteiger partial charge in [-0.2, -0.15) is 0 Å². The number of nitrogens with one attached hydrogen (secondary N) is 1. The van der Waals surface area contributed by atoms with Gasteiger partial charge in [0.15, 0.2) is 0 Å². The van der Waals surface area contributed by atoms with Gasteiger partial charge in [-0.05, 0) is 0 Å². The van der Waals surface area contributed by atoms with E-state index >= 15 is 0 Å². The fraction of sp³-hybridized carbons (Fsp3) is 0.333. The molecule has 1 aromatic rings. The molecule has 0 atom stereocenters. The largest absolute Gasteiger partial charge is 0.382 e. The highest BCUT2D eigenvalue weighted by Gasteiger charge is 2.08. The Morgan fingerprint density at radius 3 is 2.82 bits per heavy atom. The van der Waals surface area contributed by atoms with Crippen molar-refractivity contribution < 1.29 is 0 Å².